The molecule has 0 unspecified atom stereocenters. The molecule has 4 heterocycles. The molecule has 8 nitrogen and oxygen atoms in total. The lowest BCUT2D eigenvalue weighted by Crippen LogP contribution is -2.27. The average Bonchev–Trinajstić information content (AvgIpc) is 2.96. The van der Waals surface area contributed by atoms with Crippen LogP contribution in [0.1, 0.15) is 15.9 Å². The van der Waals surface area contributed by atoms with E-state index in [2.05, 4.69) is 20.3 Å². The van der Waals surface area contributed by atoms with Gasteiger partial charge in [0.05, 0.1) is 27.5 Å². The van der Waals surface area contributed by atoms with Crippen molar-refractivity contribution in [1.29, 1.82) is 0 Å². The predicted molar refractivity (Wildman–Crippen MR) is 147 cm³/mol. The van der Waals surface area contributed by atoms with Crippen LogP contribution in [0, 0.1) is 0 Å². The van der Waals surface area contributed by atoms with Gasteiger partial charge in [0.1, 0.15) is 5.52 Å². The lowest BCUT2D eigenvalue weighted by molar-refractivity contribution is 0.0950. The monoisotopic (exact) mass is 518 g/mol. The molecule has 0 saturated heterocycles. The maximum absolute atomic E-state index is 12.9. The number of carbonyl (C=O) groups is 1. The number of rotatable bonds is 5. The Hall–Kier alpha value is -4.95. The predicted octanol–water partition coefficient (Wildman–Crippen LogP) is 5.18. The summed E-state index contributed by atoms with van der Waals surface area (Å²) in [5.74, 6) is -0.330. The first kappa shape index (κ1) is 23.4. The molecule has 6 rings (SSSR count). The zero-order valence-electron chi connectivity index (χ0n) is 19.9. The number of pyridine rings is 3. The van der Waals surface area contributed by atoms with E-state index in [-0.39, 0.29) is 18.0 Å². The Kier molecular flexibility index (Phi) is 6.07. The fourth-order valence-electron chi connectivity index (χ4n) is 4.25. The number of H-pyrrole nitrogens is 1. The Labute approximate surface area is 221 Å². The van der Waals surface area contributed by atoms with Gasteiger partial charge in [-0.1, -0.05) is 48.0 Å². The van der Waals surface area contributed by atoms with Gasteiger partial charge in [0.2, 0.25) is 0 Å². The number of amides is 1. The molecule has 0 saturated carbocycles. The van der Waals surface area contributed by atoms with Gasteiger partial charge in [0, 0.05) is 47.2 Å². The summed E-state index contributed by atoms with van der Waals surface area (Å²) in [6.07, 6.45) is 4.75. The normalized spacial score (nSPS) is 11.1. The average molecular weight is 519 g/mol. The van der Waals surface area contributed by atoms with Crippen molar-refractivity contribution in [2.24, 2.45) is 0 Å². The number of carbonyl (C=O) groups excluding carboxylic acids is 1. The molecule has 0 bridgehead atoms. The highest BCUT2D eigenvalue weighted by atomic mass is 35.5. The van der Waals surface area contributed by atoms with Crippen LogP contribution in [-0.4, -0.2) is 30.8 Å². The van der Waals surface area contributed by atoms with Crippen LogP contribution in [-0.2, 0) is 6.54 Å². The SMILES string of the molecule is O=C(NCc1cc2nc(-c3cc(Cl)c4ncccc4c3)c(-c3ccccc3)nc2[nH]c1=O)c1cccnc1. The van der Waals surface area contributed by atoms with Crippen LogP contribution in [0.2, 0.25) is 5.02 Å². The van der Waals surface area contributed by atoms with Crippen molar-refractivity contribution in [1.82, 2.24) is 30.2 Å². The van der Waals surface area contributed by atoms with Gasteiger partial charge in [-0.15, -0.1) is 0 Å². The zero-order chi connectivity index (χ0) is 26.1. The minimum atomic E-state index is -0.357. The Morgan fingerprint density at radius 1 is 0.895 bits per heavy atom. The highest BCUT2D eigenvalue weighted by molar-refractivity contribution is 6.35. The first-order chi connectivity index (χ1) is 18.6. The number of nitrogens with one attached hydrogen (secondary N) is 2. The van der Waals surface area contributed by atoms with Crippen LogP contribution in [0.15, 0.2) is 96.2 Å². The quantitative estimate of drug-likeness (QED) is 0.325. The molecule has 0 radical (unpaired) electrons. The Morgan fingerprint density at radius 2 is 1.71 bits per heavy atom. The topological polar surface area (TPSA) is 114 Å². The second-order valence-corrected chi connectivity index (χ2v) is 9.01. The van der Waals surface area contributed by atoms with E-state index in [0.29, 0.717) is 44.2 Å². The van der Waals surface area contributed by atoms with Crippen LogP contribution in [0.3, 0.4) is 0 Å². The van der Waals surface area contributed by atoms with Gasteiger partial charge in [-0.05, 0) is 36.4 Å². The highest BCUT2D eigenvalue weighted by Gasteiger charge is 2.17. The number of nitrogens with zero attached hydrogens (tertiary/aromatic N) is 4. The van der Waals surface area contributed by atoms with Crippen LogP contribution < -0.4 is 10.9 Å². The second kappa shape index (κ2) is 9.84. The fourth-order valence-corrected chi connectivity index (χ4v) is 4.52. The molecule has 0 aliphatic rings. The molecule has 2 aromatic carbocycles. The molecule has 184 valence electrons. The molecule has 0 aliphatic heterocycles. The van der Waals surface area contributed by atoms with Gasteiger partial charge in [-0.2, -0.15) is 0 Å². The number of benzene rings is 2. The van der Waals surface area contributed by atoms with Crippen molar-refractivity contribution >= 4 is 39.6 Å². The summed E-state index contributed by atoms with van der Waals surface area (Å²) in [6.45, 7) is 0.0178. The molecule has 6 aromatic rings. The third kappa shape index (κ3) is 4.49. The van der Waals surface area contributed by atoms with Gasteiger partial charge in [-0.25, -0.2) is 9.97 Å². The van der Waals surface area contributed by atoms with E-state index in [1.165, 1.54) is 6.20 Å². The van der Waals surface area contributed by atoms with Crippen molar-refractivity contribution < 1.29 is 4.79 Å². The number of hydrogen-bond donors (Lipinski definition) is 2. The van der Waals surface area contributed by atoms with Crippen molar-refractivity contribution in [3.63, 3.8) is 0 Å². The standard InChI is InChI=1S/C29H19ClN6O2/c30-22-13-20(12-18-8-5-11-32-24(18)22)26-25(17-6-2-1-3-7-17)35-27-23(34-26)14-21(29(38)36-27)16-33-28(37)19-9-4-10-31-15-19/h1-15H,16H2,(H,33,37)(H,35,36,38). The summed E-state index contributed by atoms with van der Waals surface area (Å²) >= 11 is 6.59. The van der Waals surface area contributed by atoms with Crippen LogP contribution in [0.25, 0.3) is 44.6 Å². The van der Waals surface area contributed by atoms with Crippen molar-refractivity contribution in [3.05, 3.63) is 118 Å². The van der Waals surface area contributed by atoms with Crippen LogP contribution >= 0.6 is 11.6 Å². The first-order valence-electron chi connectivity index (χ1n) is 11.8. The molecule has 0 atom stereocenters. The van der Waals surface area contributed by atoms with Crippen molar-refractivity contribution in [2.75, 3.05) is 0 Å². The number of aromatic nitrogens is 5. The van der Waals surface area contributed by atoms with E-state index < -0.39 is 0 Å². The molecular weight excluding hydrogens is 500 g/mol. The minimum absolute atomic E-state index is 0.0178. The molecule has 0 fully saturated rings. The van der Waals surface area contributed by atoms with Crippen molar-refractivity contribution in [3.8, 4) is 22.5 Å². The summed E-state index contributed by atoms with van der Waals surface area (Å²) in [5, 5.41) is 4.13. The summed E-state index contributed by atoms with van der Waals surface area (Å²) in [6, 6.07) is 22.2. The third-order valence-electron chi connectivity index (χ3n) is 6.10. The second-order valence-electron chi connectivity index (χ2n) is 8.60. The summed E-state index contributed by atoms with van der Waals surface area (Å²) in [4.78, 5) is 46.2. The lowest BCUT2D eigenvalue weighted by Gasteiger charge is -2.12. The molecule has 0 aliphatic carbocycles. The third-order valence-corrected chi connectivity index (χ3v) is 6.39. The van der Waals surface area contributed by atoms with Gasteiger partial charge in [0.15, 0.2) is 5.65 Å². The summed E-state index contributed by atoms with van der Waals surface area (Å²) in [5.41, 5.74) is 4.73. The number of aromatic amines is 1. The molecular formula is C29H19ClN6O2. The smallest absolute Gasteiger partial charge is 0.254 e. The molecule has 2 N–H and O–H groups in total. The van der Waals surface area contributed by atoms with Gasteiger partial charge < -0.3 is 10.3 Å². The van der Waals surface area contributed by atoms with E-state index in [1.54, 1.807) is 30.6 Å². The molecule has 4 aromatic heterocycles. The number of hydrogen-bond acceptors (Lipinski definition) is 6. The Bertz CT molecular complexity index is 1870. The van der Waals surface area contributed by atoms with Gasteiger partial charge in [0.25, 0.3) is 11.5 Å². The van der Waals surface area contributed by atoms with Crippen LogP contribution in [0.5, 0.6) is 0 Å². The highest BCUT2D eigenvalue weighted by Crippen LogP contribution is 2.34. The maximum atomic E-state index is 12.9. The van der Waals surface area contributed by atoms with Crippen molar-refractivity contribution in [2.45, 2.75) is 6.54 Å². The van der Waals surface area contributed by atoms with E-state index in [9.17, 15) is 9.59 Å². The first-order valence-corrected chi connectivity index (χ1v) is 12.2. The van der Waals surface area contributed by atoms with E-state index in [0.717, 1.165) is 16.5 Å². The molecule has 38 heavy (non-hydrogen) atoms. The Balaban J connectivity index is 1.47. The number of fused-ring (bicyclic) bond motifs is 2. The largest absolute Gasteiger partial charge is 0.348 e. The number of halogens is 1. The van der Waals surface area contributed by atoms with E-state index >= 15 is 0 Å². The zero-order valence-corrected chi connectivity index (χ0v) is 20.6. The molecule has 9 heteroatoms. The van der Waals surface area contributed by atoms with Gasteiger partial charge in [-0.3, -0.25) is 19.6 Å². The Morgan fingerprint density at radius 3 is 2.53 bits per heavy atom. The lowest BCUT2D eigenvalue weighted by atomic mass is 10.0. The van der Waals surface area contributed by atoms with E-state index in [4.69, 9.17) is 21.6 Å². The van der Waals surface area contributed by atoms with Crippen LogP contribution in [0.4, 0.5) is 0 Å². The van der Waals surface area contributed by atoms with Gasteiger partial charge >= 0.3 is 0 Å². The maximum Gasteiger partial charge on any atom is 0.254 e. The molecule has 1 amide bonds. The fraction of sp³-hybridized carbons (Fsp3) is 0.0345. The van der Waals surface area contributed by atoms with E-state index in [1.807, 2.05) is 54.6 Å². The summed E-state index contributed by atoms with van der Waals surface area (Å²) < 4.78 is 0. The minimum Gasteiger partial charge on any atom is -0.348 e. The summed E-state index contributed by atoms with van der Waals surface area (Å²) in [7, 11) is 0. The molecule has 0 spiro atoms.